The molecular weight excluding hydrogens is 338 g/mol. The lowest BCUT2D eigenvalue weighted by molar-refractivity contribution is 0.0751. The van der Waals surface area contributed by atoms with Crippen LogP contribution in [0.4, 0.5) is 5.13 Å². The Morgan fingerprint density at radius 2 is 1.96 bits per heavy atom. The van der Waals surface area contributed by atoms with E-state index >= 15 is 0 Å². The van der Waals surface area contributed by atoms with Crippen molar-refractivity contribution in [1.82, 2.24) is 9.88 Å². The second kappa shape index (κ2) is 6.18. The first-order chi connectivity index (χ1) is 11.6. The maximum absolute atomic E-state index is 12.4. The third-order valence-corrected chi connectivity index (χ3v) is 6.50. The van der Waals surface area contributed by atoms with E-state index in [0.717, 1.165) is 41.7 Å². The van der Waals surface area contributed by atoms with Crippen molar-refractivity contribution < 1.29 is 4.79 Å². The SMILES string of the molecule is Cc1cc(C)c2sc(N3CCN(C(=O)c4cccs4)CC3)nc2c1. The zero-order chi connectivity index (χ0) is 16.7. The van der Waals surface area contributed by atoms with Gasteiger partial charge in [-0.3, -0.25) is 4.79 Å². The van der Waals surface area contributed by atoms with Gasteiger partial charge in [0.05, 0.1) is 15.1 Å². The van der Waals surface area contributed by atoms with Crippen LogP contribution in [0, 0.1) is 13.8 Å². The van der Waals surface area contributed by atoms with E-state index in [0.29, 0.717) is 0 Å². The van der Waals surface area contributed by atoms with E-state index in [1.54, 1.807) is 11.3 Å². The summed E-state index contributed by atoms with van der Waals surface area (Å²) in [5.74, 6) is 0.153. The fourth-order valence-corrected chi connectivity index (χ4v) is 4.92. The number of hydrogen-bond donors (Lipinski definition) is 0. The van der Waals surface area contributed by atoms with E-state index in [9.17, 15) is 4.79 Å². The average molecular weight is 358 g/mol. The minimum Gasteiger partial charge on any atom is -0.345 e. The van der Waals surface area contributed by atoms with Crippen LogP contribution in [0.2, 0.25) is 0 Å². The van der Waals surface area contributed by atoms with Gasteiger partial charge in [-0.05, 0) is 42.5 Å². The Bertz CT molecular complexity index is 877. The Labute approximate surface area is 149 Å². The van der Waals surface area contributed by atoms with Crippen molar-refractivity contribution in [1.29, 1.82) is 0 Å². The third-order valence-electron chi connectivity index (χ3n) is 4.38. The van der Waals surface area contributed by atoms with E-state index in [4.69, 9.17) is 4.98 Å². The molecule has 6 heteroatoms. The van der Waals surface area contributed by atoms with Gasteiger partial charge in [0.25, 0.3) is 5.91 Å². The summed E-state index contributed by atoms with van der Waals surface area (Å²) in [6, 6.07) is 8.19. The van der Waals surface area contributed by atoms with E-state index in [-0.39, 0.29) is 5.91 Å². The molecule has 0 saturated carbocycles. The molecule has 1 aliphatic rings. The highest BCUT2D eigenvalue weighted by Crippen LogP contribution is 2.32. The smallest absolute Gasteiger partial charge is 0.264 e. The summed E-state index contributed by atoms with van der Waals surface area (Å²) >= 11 is 3.27. The fraction of sp³-hybridized carbons (Fsp3) is 0.333. The van der Waals surface area contributed by atoms with Gasteiger partial charge in [0, 0.05) is 26.2 Å². The van der Waals surface area contributed by atoms with E-state index in [1.165, 1.54) is 27.2 Å². The zero-order valence-electron chi connectivity index (χ0n) is 13.8. The number of anilines is 1. The lowest BCUT2D eigenvalue weighted by atomic mass is 10.1. The van der Waals surface area contributed by atoms with Crippen molar-refractivity contribution >= 4 is 43.9 Å². The van der Waals surface area contributed by atoms with Crippen LogP contribution in [0.15, 0.2) is 29.6 Å². The lowest BCUT2D eigenvalue weighted by Gasteiger charge is -2.34. The molecule has 0 atom stereocenters. The highest BCUT2D eigenvalue weighted by atomic mass is 32.1. The fourth-order valence-electron chi connectivity index (χ4n) is 3.16. The Morgan fingerprint density at radius 1 is 1.17 bits per heavy atom. The third kappa shape index (κ3) is 2.80. The molecular formula is C18H19N3OS2. The molecule has 4 nitrogen and oxygen atoms in total. The van der Waals surface area contributed by atoms with E-state index in [1.807, 2.05) is 22.4 Å². The molecule has 0 unspecified atom stereocenters. The highest BCUT2D eigenvalue weighted by molar-refractivity contribution is 7.22. The van der Waals surface area contributed by atoms with Gasteiger partial charge < -0.3 is 9.80 Å². The van der Waals surface area contributed by atoms with Gasteiger partial charge in [-0.1, -0.05) is 23.5 Å². The maximum Gasteiger partial charge on any atom is 0.264 e. The highest BCUT2D eigenvalue weighted by Gasteiger charge is 2.24. The Balaban J connectivity index is 1.50. The largest absolute Gasteiger partial charge is 0.345 e. The Hall–Kier alpha value is -1.92. The summed E-state index contributed by atoms with van der Waals surface area (Å²) in [4.78, 5) is 22.3. The number of thiophene rings is 1. The number of fused-ring (bicyclic) bond motifs is 1. The molecule has 1 aliphatic heterocycles. The molecule has 0 spiro atoms. The van der Waals surface area contributed by atoms with Gasteiger partial charge in [-0.15, -0.1) is 11.3 Å². The Kier molecular flexibility index (Phi) is 4.02. The van der Waals surface area contributed by atoms with Gasteiger partial charge in [0.15, 0.2) is 5.13 Å². The number of thiazole rings is 1. The van der Waals surface area contributed by atoms with Crippen LogP contribution < -0.4 is 4.90 Å². The molecule has 4 rings (SSSR count). The number of amides is 1. The number of carbonyl (C=O) groups is 1. The van der Waals surface area contributed by atoms with Crippen molar-refractivity contribution in [2.24, 2.45) is 0 Å². The molecule has 3 heterocycles. The first kappa shape index (κ1) is 15.6. The van der Waals surface area contributed by atoms with Crippen molar-refractivity contribution in [2.45, 2.75) is 13.8 Å². The molecule has 0 N–H and O–H groups in total. The second-order valence-corrected chi connectivity index (χ2v) is 8.11. The van der Waals surface area contributed by atoms with Crippen LogP contribution in [0.5, 0.6) is 0 Å². The minimum atomic E-state index is 0.153. The van der Waals surface area contributed by atoms with Gasteiger partial charge in [-0.2, -0.15) is 0 Å². The lowest BCUT2D eigenvalue weighted by Crippen LogP contribution is -2.48. The molecule has 1 saturated heterocycles. The molecule has 0 bridgehead atoms. The van der Waals surface area contributed by atoms with E-state index < -0.39 is 0 Å². The second-order valence-electron chi connectivity index (χ2n) is 6.18. The topological polar surface area (TPSA) is 36.4 Å². The zero-order valence-corrected chi connectivity index (χ0v) is 15.4. The summed E-state index contributed by atoms with van der Waals surface area (Å²) < 4.78 is 1.27. The molecule has 0 radical (unpaired) electrons. The number of aryl methyl sites for hydroxylation is 2. The average Bonchev–Trinajstić information content (AvgIpc) is 3.24. The monoisotopic (exact) mass is 357 g/mol. The molecule has 1 aromatic carbocycles. The van der Waals surface area contributed by atoms with Gasteiger partial charge in [0.1, 0.15) is 0 Å². The molecule has 0 aliphatic carbocycles. The number of nitrogens with zero attached hydrogens (tertiary/aromatic N) is 3. The van der Waals surface area contributed by atoms with Gasteiger partial charge >= 0.3 is 0 Å². The molecule has 2 aromatic heterocycles. The first-order valence-electron chi connectivity index (χ1n) is 8.07. The molecule has 3 aromatic rings. The van der Waals surface area contributed by atoms with E-state index in [2.05, 4.69) is 30.9 Å². The van der Waals surface area contributed by atoms with Gasteiger partial charge in [0.2, 0.25) is 0 Å². The number of benzene rings is 1. The van der Waals surface area contributed by atoms with Crippen LogP contribution in [0.1, 0.15) is 20.8 Å². The van der Waals surface area contributed by atoms with Gasteiger partial charge in [-0.25, -0.2) is 4.98 Å². The summed E-state index contributed by atoms with van der Waals surface area (Å²) in [6.45, 7) is 7.45. The van der Waals surface area contributed by atoms with Crippen molar-refractivity contribution in [3.05, 3.63) is 45.6 Å². The predicted octanol–water partition coefficient (Wildman–Crippen LogP) is 3.94. The predicted molar refractivity (Wildman–Crippen MR) is 102 cm³/mol. The first-order valence-corrected chi connectivity index (χ1v) is 9.77. The van der Waals surface area contributed by atoms with Crippen molar-refractivity contribution in [3.63, 3.8) is 0 Å². The maximum atomic E-state index is 12.4. The molecule has 1 fully saturated rings. The standard InChI is InChI=1S/C18H19N3OS2/c1-12-10-13(2)16-14(11-12)19-18(24-16)21-7-5-20(6-8-21)17(22)15-4-3-9-23-15/h3-4,9-11H,5-8H2,1-2H3. The molecule has 24 heavy (non-hydrogen) atoms. The van der Waals surface area contributed by atoms with Crippen molar-refractivity contribution in [2.75, 3.05) is 31.1 Å². The molecule has 124 valence electrons. The van der Waals surface area contributed by atoms with Crippen LogP contribution in [-0.2, 0) is 0 Å². The van der Waals surface area contributed by atoms with Crippen LogP contribution >= 0.6 is 22.7 Å². The summed E-state index contributed by atoms with van der Waals surface area (Å²) in [7, 11) is 0. The summed E-state index contributed by atoms with van der Waals surface area (Å²) in [6.07, 6.45) is 0. The number of piperazine rings is 1. The number of rotatable bonds is 2. The quantitative estimate of drug-likeness (QED) is 0.697. The summed E-state index contributed by atoms with van der Waals surface area (Å²) in [5, 5.41) is 3.02. The van der Waals surface area contributed by atoms with Crippen LogP contribution in [-0.4, -0.2) is 42.0 Å². The molecule has 1 amide bonds. The Morgan fingerprint density at radius 3 is 2.67 bits per heavy atom. The number of carbonyl (C=O) groups excluding carboxylic acids is 1. The number of hydrogen-bond acceptors (Lipinski definition) is 5. The normalized spacial score (nSPS) is 15.2. The van der Waals surface area contributed by atoms with Crippen LogP contribution in [0.25, 0.3) is 10.2 Å². The van der Waals surface area contributed by atoms with Crippen LogP contribution in [0.3, 0.4) is 0 Å². The summed E-state index contributed by atoms with van der Waals surface area (Å²) in [5.41, 5.74) is 3.63. The number of aromatic nitrogens is 1. The minimum absolute atomic E-state index is 0.153. The van der Waals surface area contributed by atoms with Crippen molar-refractivity contribution in [3.8, 4) is 0 Å².